The number of aryl methyl sites for hydroxylation is 2. The Kier molecular flexibility index (Phi) is 5.06. The number of aromatic nitrogens is 1. The standard InChI is InChI=1S/C25H22N2O4S/c1-4-9-30-17-7-5-6-16(13-17)21-20-22(28)18-11-14(2)15(3)12-19(18)31-23(20)24(29)27(21)25-26-8-10-32-25/h5-8,10-13,21H,4,9H2,1-3H3/t21-/m0/s1. The van der Waals surface area contributed by atoms with E-state index >= 15 is 0 Å². The SMILES string of the molecule is CCCOc1cccc([C@H]2c3c(oc4cc(C)c(C)cc4c3=O)C(=O)N2c2nccs2)c1. The number of ether oxygens (including phenoxy) is 1. The maximum absolute atomic E-state index is 13.7. The van der Waals surface area contributed by atoms with E-state index in [2.05, 4.69) is 4.98 Å². The molecule has 0 radical (unpaired) electrons. The van der Waals surface area contributed by atoms with Crippen molar-refractivity contribution in [3.8, 4) is 5.75 Å². The molecular formula is C25H22N2O4S. The first-order valence-electron chi connectivity index (χ1n) is 10.5. The van der Waals surface area contributed by atoms with E-state index < -0.39 is 6.04 Å². The number of amides is 1. The third-order valence-electron chi connectivity index (χ3n) is 5.76. The largest absolute Gasteiger partial charge is 0.494 e. The van der Waals surface area contributed by atoms with Gasteiger partial charge in [-0.25, -0.2) is 4.98 Å². The van der Waals surface area contributed by atoms with E-state index in [4.69, 9.17) is 9.15 Å². The fourth-order valence-corrected chi connectivity index (χ4v) is 4.74. The minimum Gasteiger partial charge on any atom is -0.494 e. The van der Waals surface area contributed by atoms with Crippen molar-refractivity contribution >= 4 is 33.3 Å². The summed E-state index contributed by atoms with van der Waals surface area (Å²) in [6, 6.07) is 10.5. The molecule has 0 spiro atoms. The van der Waals surface area contributed by atoms with Crippen LogP contribution >= 0.6 is 11.3 Å². The summed E-state index contributed by atoms with van der Waals surface area (Å²) in [6.45, 7) is 6.54. The van der Waals surface area contributed by atoms with E-state index in [1.54, 1.807) is 11.1 Å². The van der Waals surface area contributed by atoms with E-state index in [0.717, 1.165) is 23.1 Å². The van der Waals surface area contributed by atoms with Gasteiger partial charge in [-0.3, -0.25) is 14.5 Å². The van der Waals surface area contributed by atoms with E-state index in [1.165, 1.54) is 11.3 Å². The number of carbonyl (C=O) groups is 1. The highest BCUT2D eigenvalue weighted by atomic mass is 32.1. The summed E-state index contributed by atoms with van der Waals surface area (Å²) in [5.41, 5.74) is 3.34. The Morgan fingerprint density at radius 2 is 1.97 bits per heavy atom. The highest BCUT2D eigenvalue weighted by molar-refractivity contribution is 7.13. The van der Waals surface area contributed by atoms with Crippen LogP contribution in [0, 0.1) is 13.8 Å². The van der Waals surface area contributed by atoms with Crippen LogP contribution in [0.5, 0.6) is 5.75 Å². The predicted molar refractivity (Wildman–Crippen MR) is 125 cm³/mol. The lowest BCUT2D eigenvalue weighted by atomic mass is 9.97. The van der Waals surface area contributed by atoms with E-state index in [-0.39, 0.29) is 17.1 Å². The second kappa shape index (κ2) is 7.91. The van der Waals surface area contributed by atoms with Crippen LogP contribution in [0.2, 0.25) is 0 Å². The van der Waals surface area contributed by atoms with Crippen LogP contribution in [0.3, 0.4) is 0 Å². The molecule has 2 aromatic heterocycles. The first kappa shape index (κ1) is 20.5. The molecule has 1 amide bonds. The van der Waals surface area contributed by atoms with Gasteiger partial charge in [-0.1, -0.05) is 19.1 Å². The Morgan fingerprint density at radius 3 is 2.72 bits per heavy atom. The summed E-state index contributed by atoms with van der Waals surface area (Å²) in [5.74, 6) is 0.406. The molecule has 4 aromatic rings. The lowest BCUT2D eigenvalue weighted by molar-refractivity contribution is 0.0971. The number of thiazole rings is 1. The lowest BCUT2D eigenvalue weighted by Gasteiger charge is -2.23. The topological polar surface area (TPSA) is 72.6 Å². The van der Waals surface area contributed by atoms with Crippen molar-refractivity contribution in [1.82, 2.24) is 4.98 Å². The summed E-state index contributed by atoms with van der Waals surface area (Å²) >= 11 is 1.35. The molecule has 1 aliphatic rings. The summed E-state index contributed by atoms with van der Waals surface area (Å²) in [5, 5.41) is 2.80. The van der Waals surface area contributed by atoms with Gasteiger partial charge in [0.25, 0.3) is 5.91 Å². The summed E-state index contributed by atoms with van der Waals surface area (Å²) in [4.78, 5) is 33.1. The molecule has 0 bridgehead atoms. The van der Waals surface area contributed by atoms with Crippen molar-refractivity contribution in [3.05, 3.63) is 86.2 Å². The van der Waals surface area contributed by atoms with Crippen molar-refractivity contribution in [2.75, 3.05) is 11.5 Å². The average molecular weight is 447 g/mol. The van der Waals surface area contributed by atoms with Crippen LogP contribution in [0.15, 0.2) is 57.2 Å². The molecule has 7 heteroatoms. The smallest absolute Gasteiger partial charge is 0.297 e. The second-order valence-corrected chi connectivity index (χ2v) is 8.79. The van der Waals surface area contributed by atoms with Gasteiger partial charge >= 0.3 is 0 Å². The average Bonchev–Trinajstić information content (AvgIpc) is 3.41. The van der Waals surface area contributed by atoms with Crippen molar-refractivity contribution in [1.29, 1.82) is 0 Å². The quantitative estimate of drug-likeness (QED) is 0.410. The minimum atomic E-state index is -0.643. The lowest BCUT2D eigenvalue weighted by Crippen LogP contribution is -2.29. The number of nitrogens with zero attached hydrogens (tertiary/aromatic N) is 2. The van der Waals surface area contributed by atoms with Gasteiger partial charge in [0, 0.05) is 11.6 Å². The number of benzene rings is 2. The number of carbonyl (C=O) groups excluding carboxylic acids is 1. The third kappa shape index (κ3) is 3.20. The van der Waals surface area contributed by atoms with Gasteiger partial charge in [-0.15, -0.1) is 11.3 Å². The summed E-state index contributed by atoms with van der Waals surface area (Å²) in [6.07, 6.45) is 2.53. The molecule has 0 fully saturated rings. The molecule has 0 N–H and O–H groups in total. The molecule has 0 unspecified atom stereocenters. The number of hydrogen-bond acceptors (Lipinski definition) is 6. The van der Waals surface area contributed by atoms with Crippen LogP contribution in [-0.2, 0) is 0 Å². The van der Waals surface area contributed by atoms with Gasteiger partial charge in [0.1, 0.15) is 11.3 Å². The van der Waals surface area contributed by atoms with Crippen molar-refractivity contribution in [3.63, 3.8) is 0 Å². The zero-order chi connectivity index (χ0) is 22.4. The Balaban J connectivity index is 1.76. The highest BCUT2D eigenvalue weighted by Gasteiger charge is 2.44. The van der Waals surface area contributed by atoms with E-state index in [0.29, 0.717) is 34.0 Å². The Labute approximate surface area is 189 Å². The molecule has 1 atom stereocenters. The Bertz CT molecular complexity index is 1390. The maximum atomic E-state index is 13.7. The van der Waals surface area contributed by atoms with E-state index in [9.17, 15) is 9.59 Å². The van der Waals surface area contributed by atoms with Gasteiger partial charge in [0.15, 0.2) is 10.6 Å². The monoisotopic (exact) mass is 446 g/mol. The van der Waals surface area contributed by atoms with Gasteiger partial charge in [0.2, 0.25) is 5.76 Å². The van der Waals surface area contributed by atoms with Gasteiger partial charge in [0.05, 0.1) is 23.6 Å². The zero-order valence-electron chi connectivity index (χ0n) is 18.0. The molecule has 3 heterocycles. The molecule has 0 aliphatic carbocycles. The number of anilines is 1. The van der Waals surface area contributed by atoms with Crippen molar-refractivity contribution in [2.45, 2.75) is 33.2 Å². The third-order valence-corrected chi connectivity index (χ3v) is 6.53. The fraction of sp³-hybridized carbons (Fsp3) is 0.240. The number of rotatable bonds is 5. The van der Waals surface area contributed by atoms with Crippen molar-refractivity contribution in [2.24, 2.45) is 0 Å². The Hall–Kier alpha value is -3.45. The molecule has 0 saturated heterocycles. The first-order valence-corrected chi connectivity index (χ1v) is 11.4. The normalized spacial score (nSPS) is 15.4. The summed E-state index contributed by atoms with van der Waals surface area (Å²) in [7, 11) is 0. The van der Waals surface area contributed by atoms with Crippen molar-refractivity contribution < 1.29 is 13.9 Å². The zero-order valence-corrected chi connectivity index (χ0v) is 18.9. The predicted octanol–water partition coefficient (Wildman–Crippen LogP) is 5.40. The molecule has 6 nitrogen and oxygen atoms in total. The number of hydrogen-bond donors (Lipinski definition) is 0. The van der Waals surface area contributed by atoms with Crippen LogP contribution in [0.1, 0.15) is 52.2 Å². The van der Waals surface area contributed by atoms with Gasteiger partial charge in [-0.05, 0) is 61.2 Å². The fourth-order valence-electron chi connectivity index (χ4n) is 4.07. The first-order chi connectivity index (χ1) is 15.5. The summed E-state index contributed by atoms with van der Waals surface area (Å²) < 4.78 is 11.9. The van der Waals surface area contributed by atoms with Crippen LogP contribution in [0.25, 0.3) is 11.0 Å². The second-order valence-electron chi connectivity index (χ2n) is 7.92. The van der Waals surface area contributed by atoms with Gasteiger partial charge < -0.3 is 9.15 Å². The van der Waals surface area contributed by atoms with Gasteiger partial charge in [-0.2, -0.15) is 0 Å². The highest BCUT2D eigenvalue weighted by Crippen LogP contribution is 2.42. The Morgan fingerprint density at radius 1 is 1.16 bits per heavy atom. The minimum absolute atomic E-state index is 0.0748. The van der Waals surface area contributed by atoms with Crippen LogP contribution in [-0.4, -0.2) is 17.5 Å². The number of fused-ring (bicyclic) bond motifs is 2. The van der Waals surface area contributed by atoms with Crippen LogP contribution in [0.4, 0.5) is 5.13 Å². The molecular weight excluding hydrogens is 424 g/mol. The van der Waals surface area contributed by atoms with Crippen LogP contribution < -0.4 is 15.1 Å². The van der Waals surface area contributed by atoms with E-state index in [1.807, 2.05) is 62.5 Å². The molecule has 2 aromatic carbocycles. The molecule has 5 rings (SSSR count). The molecule has 0 saturated carbocycles. The molecule has 32 heavy (non-hydrogen) atoms. The molecule has 162 valence electrons. The molecule has 1 aliphatic heterocycles. The maximum Gasteiger partial charge on any atom is 0.297 e.